The average Bonchev–Trinajstić information content (AvgIpc) is 2.63. The molecule has 0 aromatic rings. The predicted octanol–water partition coefficient (Wildman–Crippen LogP) is 2.24. The molecule has 2 aliphatic rings. The highest BCUT2D eigenvalue weighted by Crippen LogP contribution is 2.55. The highest BCUT2D eigenvalue weighted by atomic mass is 32.1. The van der Waals surface area contributed by atoms with Gasteiger partial charge in [0, 0.05) is 5.41 Å². The number of nitrogens with zero attached hydrogens (tertiary/aromatic N) is 1. The molecular formula is C10H13NOS. The standard InChI is InChI=1S/C10H13NOS/c1-7(12)10-3-2-8(4-10)9(5-10)11-6-13/h8-9H,2-5H2,1H3. The van der Waals surface area contributed by atoms with E-state index < -0.39 is 0 Å². The second-order valence-corrected chi connectivity index (χ2v) is 4.51. The van der Waals surface area contributed by atoms with Crippen LogP contribution < -0.4 is 0 Å². The minimum atomic E-state index is -0.0367. The van der Waals surface area contributed by atoms with E-state index in [4.69, 9.17) is 0 Å². The summed E-state index contributed by atoms with van der Waals surface area (Å²) in [4.78, 5) is 15.6. The molecule has 2 bridgehead atoms. The summed E-state index contributed by atoms with van der Waals surface area (Å²) in [6, 6.07) is 0.287. The van der Waals surface area contributed by atoms with Crippen LogP contribution in [0.25, 0.3) is 0 Å². The summed E-state index contributed by atoms with van der Waals surface area (Å²) in [6.45, 7) is 1.71. The zero-order chi connectivity index (χ0) is 9.47. The van der Waals surface area contributed by atoms with E-state index in [1.165, 1.54) is 0 Å². The van der Waals surface area contributed by atoms with Crippen molar-refractivity contribution < 1.29 is 4.79 Å². The Morgan fingerprint density at radius 2 is 2.38 bits per heavy atom. The van der Waals surface area contributed by atoms with Crippen LogP contribution in [0.2, 0.25) is 0 Å². The smallest absolute Gasteiger partial charge is 0.136 e. The Bertz CT molecular complexity index is 295. The Balaban J connectivity index is 2.21. The Kier molecular flexibility index (Phi) is 2.09. The molecule has 70 valence electrons. The minimum absolute atomic E-state index is 0.0367. The highest BCUT2D eigenvalue weighted by Gasteiger charge is 2.53. The van der Waals surface area contributed by atoms with Crippen molar-refractivity contribution in [3.63, 3.8) is 0 Å². The third-order valence-corrected chi connectivity index (χ3v) is 3.86. The van der Waals surface area contributed by atoms with Crippen molar-refractivity contribution in [1.82, 2.24) is 0 Å². The van der Waals surface area contributed by atoms with Crippen LogP contribution in [0.5, 0.6) is 0 Å². The van der Waals surface area contributed by atoms with Crippen molar-refractivity contribution in [3.05, 3.63) is 0 Å². The number of thiocarbonyl (C=S) groups is 1. The number of rotatable bonds is 2. The molecule has 13 heavy (non-hydrogen) atoms. The fourth-order valence-electron chi connectivity index (χ4n) is 2.93. The minimum Gasteiger partial charge on any atom is -0.299 e. The van der Waals surface area contributed by atoms with Gasteiger partial charge in [-0.1, -0.05) is 0 Å². The van der Waals surface area contributed by atoms with Gasteiger partial charge in [0.15, 0.2) is 0 Å². The lowest BCUT2D eigenvalue weighted by molar-refractivity contribution is -0.126. The Morgan fingerprint density at radius 3 is 2.92 bits per heavy atom. The van der Waals surface area contributed by atoms with Gasteiger partial charge in [-0.15, -0.1) is 0 Å². The maximum absolute atomic E-state index is 11.5. The van der Waals surface area contributed by atoms with Crippen molar-refractivity contribution in [1.29, 1.82) is 0 Å². The summed E-state index contributed by atoms with van der Waals surface area (Å²) in [5.74, 6) is 0.941. The molecular weight excluding hydrogens is 182 g/mol. The Labute approximate surface area is 83.4 Å². The van der Waals surface area contributed by atoms with Crippen molar-refractivity contribution in [2.45, 2.75) is 38.6 Å². The largest absolute Gasteiger partial charge is 0.299 e. The van der Waals surface area contributed by atoms with Gasteiger partial charge in [0.1, 0.15) is 5.78 Å². The van der Waals surface area contributed by atoms with Crippen molar-refractivity contribution >= 4 is 23.2 Å². The summed E-state index contributed by atoms with van der Waals surface area (Å²) in [5.41, 5.74) is -0.0367. The number of hydrogen-bond donors (Lipinski definition) is 0. The predicted molar refractivity (Wildman–Crippen MR) is 53.9 cm³/mol. The first-order valence-electron chi connectivity index (χ1n) is 4.76. The van der Waals surface area contributed by atoms with Crippen LogP contribution in [0.3, 0.4) is 0 Å². The molecule has 0 spiro atoms. The molecule has 0 aromatic heterocycles. The first-order chi connectivity index (χ1) is 6.18. The lowest BCUT2D eigenvalue weighted by Crippen LogP contribution is -2.26. The number of Topliss-reactive ketones (excluding diaryl/α,β-unsaturated/α-hetero) is 1. The zero-order valence-corrected chi connectivity index (χ0v) is 8.56. The molecule has 0 radical (unpaired) electrons. The van der Waals surface area contributed by atoms with E-state index in [1.54, 1.807) is 6.92 Å². The summed E-state index contributed by atoms with van der Waals surface area (Å²) in [5, 5.41) is 2.45. The SMILES string of the molecule is CC(=O)C12CCC(C1)C(N=C=S)C2. The second-order valence-electron chi connectivity index (χ2n) is 4.33. The van der Waals surface area contributed by atoms with E-state index in [9.17, 15) is 4.79 Å². The molecule has 3 heteroatoms. The van der Waals surface area contributed by atoms with Gasteiger partial charge in [0.25, 0.3) is 0 Å². The Hall–Kier alpha value is -0.530. The fraction of sp³-hybridized carbons (Fsp3) is 0.800. The third kappa shape index (κ3) is 1.27. The zero-order valence-electron chi connectivity index (χ0n) is 7.75. The number of aliphatic imine (C=N–C) groups is 1. The van der Waals surface area contributed by atoms with Crippen molar-refractivity contribution in [2.75, 3.05) is 0 Å². The van der Waals surface area contributed by atoms with Crippen LogP contribution >= 0.6 is 12.2 Å². The molecule has 2 rings (SSSR count). The van der Waals surface area contributed by atoms with E-state index in [1.807, 2.05) is 0 Å². The lowest BCUT2D eigenvalue weighted by atomic mass is 9.80. The van der Waals surface area contributed by atoms with E-state index in [0.29, 0.717) is 11.7 Å². The van der Waals surface area contributed by atoms with Crippen LogP contribution in [-0.4, -0.2) is 17.0 Å². The normalized spacial score (nSPS) is 41.6. The average molecular weight is 195 g/mol. The number of fused-ring (bicyclic) bond motifs is 2. The van der Waals surface area contributed by atoms with E-state index in [2.05, 4.69) is 22.4 Å². The van der Waals surface area contributed by atoms with Crippen LogP contribution in [0.4, 0.5) is 0 Å². The van der Waals surface area contributed by atoms with Gasteiger partial charge in [0.2, 0.25) is 0 Å². The summed E-state index contributed by atoms with van der Waals surface area (Å²) < 4.78 is 0. The van der Waals surface area contributed by atoms with Crippen molar-refractivity contribution in [2.24, 2.45) is 16.3 Å². The van der Waals surface area contributed by atoms with Gasteiger partial charge in [-0.05, 0) is 50.7 Å². The summed E-state index contributed by atoms with van der Waals surface area (Å²) in [7, 11) is 0. The maximum atomic E-state index is 11.5. The number of isothiocyanates is 1. The monoisotopic (exact) mass is 195 g/mol. The number of hydrogen-bond acceptors (Lipinski definition) is 3. The molecule has 0 saturated heterocycles. The molecule has 0 N–H and O–H groups in total. The summed E-state index contributed by atoms with van der Waals surface area (Å²) in [6.07, 6.45) is 4.16. The molecule has 2 fully saturated rings. The number of carbonyl (C=O) groups is 1. The molecule has 2 aliphatic carbocycles. The molecule has 0 amide bonds. The first-order valence-corrected chi connectivity index (χ1v) is 5.17. The van der Waals surface area contributed by atoms with E-state index in [0.717, 1.165) is 25.7 Å². The molecule has 2 saturated carbocycles. The third-order valence-electron chi connectivity index (χ3n) is 3.76. The first kappa shape index (κ1) is 9.04. The molecule has 2 nitrogen and oxygen atoms in total. The topological polar surface area (TPSA) is 29.4 Å². The van der Waals surface area contributed by atoms with Gasteiger partial charge in [-0.3, -0.25) is 4.79 Å². The van der Waals surface area contributed by atoms with Crippen molar-refractivity contribution in [3.8, 4) is 0 Å². The molecule has 0 heterocycles. The van der Waals surface area contributed by atoms with Gasteiger partial charge >= 0.3 is 0 Å². The Morgan fingerprint density at radius 1 is 1.62 bits per heavy atom. The van der Waals surface area contributed by atoms with Crippen LogP contribution in [0.15, 0.2) is 4.99 Å². The maximum Gasteiger partial charge on any atom is 0.136 e. The number of carbonyl (C=O) groups excluding carboxylic acids is 1. The molecule has 0 aliphatic heterocycles. The van der Waals surface area contributed by atoms with Gasteiger partial charge in [-0.25, -0.2) is 4.99 Å². The van der Waals surface area contributed by atoms with Crippen LogP contribution in [0, 0.1) is 11.3 Å². The molecule has 3 atom stereocenters. The van der Waals surface area contributed by atoms with Crippen LogP contribution in [-0.2, 0) is 4.79 Å². The molecule has 0 aromatic carbocycles. The fourth-order valence-corrected chi connectivity index (χ4v) is 3.07. The van der Waals surface area contributed by atoms with E-state index >= 15 is 0 Å². The number of ketones is 1. The van der Waals surface area contributed by atoms with Gasteiger partial charge in [0.05, 0.1) is 11.2 Å². The van der Waals surface area contributed by atoms with Crippen LogP contribution in [0.1, 0.15) is 32.6 Å². The quantitative estimate of drug-likeness (QED) is 0.499. The van der Waals surface area contributed by atoms with E-state index in [-0.39, 0.29) is 11.5 Å². The van der Waals surface area contributed by atoms with Gasteiger partial charge < -0.3 is 0 Å². The van der Waals surface area contributed by atoms with Gasteiger partial charge in [-0.2, -0.15) is 0 Å². The molecule has 3 unspecified atom stereocenters. The second kappa shape index (κ2) is 3.00. The lowest BCUT2D eigenvalue weighted by Gasteiger charge is -2.24. The highest BCUT2D eigenvalue weighted by molar-refractivity contribution is 7.78. The summed E-state index contributed by atoms with van der Waals surface area (Å²) >= 11 is 4.60.